The van der Waals surface area contributed by atoms with Gasteiger partial charge in [-0.3, -0.25) is 0 Å². The Labute approximate surface area is 141 Å². The molecule has 2 rings (SSSR count). The Morgan fingerprint density at radius 2 is 2.19 bits per heavy atom. The first-order valence-electron chi connectivity index (χ1n) is 6.28. The van der Waals surface area contributed by atoms with Gasteiger partial charge in [0.25, 0.3) is 0 Å². The number of hydrogen-bond donors (Lipinski definition) is 1. The van der Waals surface area contributed by atoms with E-state index in [0.717, 1.165) is 0 Å². The summed E-state index contributed by atoms with van der Waals surface area (Å²) in [5.74, 6) is -0.408. The summed E-state index contributed by atoms with van der Waals surface area (Å²) in [6.45, 7) is 3.86. The van der Waals surface area contributed by atoms with Crippen molar-refractivity contribution in [3.8, 4) is 0 Å². The van der Waals surface area contributed by atoms with Crippen LogP contribution in [0.4, 0.5) is 0 Å². The first kappa shape index (κ1) is 16.4. The maximum absolute atomic E-state index is 12.2. The van der Waals surface area contributed by atoms with Crippen LogP contribution in [-0.4, -0.2) is 33.3 Å². The minimum absolute atomic E-state index is 0.297. The van der Waals surface area contributed by atoms with E-state index in [4.69, 9.17) is 27.9 Å². The zero-order valence-electron chi connectivity index (χ0n) is 11.4. The van der Waals surface area contributed by atoms with E-state index in [1.165, 1.54) is 0 Å². The van der Waals surface area contributed by atoms with Crippen LogP contribution >= 0.6 is 23.2 Å². The summed E-state index contributed by atoms with van der Waals surface area (Å²) < 4.78 is 5.71. The Hall–Kier alpha value is -1.00. The molecular weight excluding hydrogens is 378 g/mol. The van der Waals surface area contributed by atoms with Gasteiger partial charge in [-0.1, -0.05) is 0 Å². The van der Waals surface area contributed by atoms with Gasteiger partial charge in [0.2, 0.25) is 0 Å². The molecule has 1 heterocycles. The molecule has 0 amide bonds. The average Bonchev–Trinajstić information content (AvgIpc) is 2.37. The van der Waals surface area contributed by atoms with Gasteiger partial charge in [0, 0.05) is 0 Å². The van der Waals surface area contributed by atoms with Crippen LogP contribution in [0.5, 0.6) is 0 Å². The molecule has 0 saturated heterocycles. The maximum atomic E-state index is 12.2. The van der Waals surface area contributed by atoms with E-state index in [0.29, 0.717) is 38.2 Å². The monoisotopic (exact) mass is 391 g/mol. The van der Waals surface area contributed by atoms with Crippen LogP contribution in [0.1, 0.15) is 25.5 Å². The predicted molar refractivity (Wildman–Crippen MR) is 84.9 cm³/mol. The Bertz CT molecular complexity index is 644. The normalized spacial score (nSPS) is 18.1. The molecule has 1 atom stereocenters. The number of ether oxygens (including phenoxy) is 1. The van der Waals surface area contributed by atoms with Gasteiger partial charge in [-0.2, -0.15) is 0 Å². The van der Waals surface area contributed by atoms with Crippen molar-refractivity contribution in [2.45, 2.75) is 19.9 Å². The van der Waals surface area contributed by atoms with E-state index < -0.39 is 12.0 Å². The fourth-order valence-electron chi connectivity index (χ4n) is 2.07. The molecule has 1 aromatic rings. The van der Waals surface area contributed by atoms with E-state index >= 15 is 0 Å². The number of halogens is 2. The molecule has 1 N–H and O–H groups in total. The summed E-state index contributed by atoms with van der Waals surface area (Å²) in [7, 11) is 0. The molecule has 1 aliphatic rings. The molecule has 21 heavy (non-hydrogen) atoms. The van der Waals surface area contributed by atoms with Crippen LogP contribution in [0.25, 0.3) is 0 Å². The third-order valence-electron chi connectivity index (χ3n) is 2.97. The van der Waals surface area contributed by atoms with Crippen molar-refractivity contribution in [1.82, 2.24) is 5.32 Å². The number of esters is 1. The van der Waals surface area contributed by atoms with Crippen LogP contribution in [0.2, 0.25) is 10.0 Å². The van der Waals surface area contributed by atoms with Crippen molar-refractivity contribution < 1.29 is 9.53 Å². The Kier molecular flexibility index (Phi) is 5.33. The first-order valence-corrected chi connectivity index (χ1v) is 7.90. The van der Waals surface area contributed by atoms with E-state index in [-0.39, 0.29) is 0 Å². The Morgan fingerprint density at radius 3 is 2.81 bits per heavy atom. The van der Waals surface area contributed by atoms with Gasteiger partial charge in [-0.15, -0.1) is 0 Å². The van der Waals surface area contributed by atoms with E-state index in [9.17, 15) is 4.79 Å². The summed E-state index contributed by atoms with van der Waals surface area (Å²) in [6, 6.07) is 4.60. The third-order valence-corrected chi connectivity index (χ3v) is 3.97. The molecule has 1 aliphatic heterocycles. The van der Waals surface area contributed by atoms with E-state index in [1.807, 2.05) is 0 Å². The second-order valence-corrected chi connectivity index (χ2v) is 6.04. The van der Waals surface area contributed by atoms with Crippen LogP contribution < -0.4 is 5.32 Å². The summed E-state index contributed by atoms with van der Waals surface area (Å²) in [6.07, 6.45) is 0. The number of nitrogens with one attached hydrogen (secondary N) is 1. The number of carbonyl (C=O) groups excluding carboxylic acids is 1. The van der Waals surface area contributed by atoms with Crippen molar-refractivity contribution >= 4 is 49.9 Å². The van der Waals surface area contributed by atoms with Gasteiger partial charge in [-0.05, 0) is 0 Å². The van der Waals surface area contributed by atoms with Crippen LogP contribution in [0, 0.1) is 0 Å². The summed E-state index contributed by atoms with van der Waals surface area (Å²) in [5, 5.41) is 3.99. The van der Waals surface area contributed by atoms with E-state index in [1.54, 1.807) is 32.0 Å². The quantitative estimate of drug-likeness (QED) is 0.637. The molecule has 0 aromatic heterocycles. The zero-order valence-corrected chi connectivity index (χ0v) is 14.7. The number of hydrogen-bond acceptors (Lipinski definition) is 4. The standard InChI is InChI=1S/C14H13Cl2N2O2Se/c1-3-20-13(19)11-7(2)17-14(21)18-12(11)9-5-4-8(15)6-10(9)16/h4-6,12H,3H2,1-2H3,(H,17,18). The first-order chi connectivity index (χ1) is 9.93. The van der Waals surface area contributed by atoms with Gasteiger partial charge in [0.15, 0.2) is 0 Å². The fraction of sp³-hybridized carbons (Fsp3) is 0.286. The van der Waals surface area contributed by atoms with Crippen LogP contribution in [0.15, 0.2) is 34.5 Å². The molecule has 0 spiro atoms. The fourth-order valence-corrected chi connectivity index (χ4v) is 3.12. The number of carbonyl (C=O) groups is 1. The SMILES string of the molecule is CCOC(=O)C1=C(C)NC([Se])=NC1c1ccc(Cl)cc1Cl. The molecule has 1 unspecified atom stereocenters. The number of allylic oxidation sites excluding steroid dienone is 1. The average molecular weight is 391 g/mol. The summed E-state index contributed by atoms with van der Waals surface area (Å²) in [4.78, 5) is 16.7. The van der Waals surface area contributed by atoms with Crippen LogP contribution in [0.3, 0.4) is 0 Å². The molecule has 4 nitrogen and oxygen atoms in total. The Balaban J connectivity index is 2.51. The topological polar surface area (TPSA) is 50.7 Å². The summed E-state index contributed by atoms with van der Waals surface area (Å²) >= 11 is 15.0. The second kappa shape index (κ2) is 6.84. The van der Waals surface area contributed by atoms with Crippen molar-refractivity contribution in [2.24, 2.45) is 4.99 Å². The second-order valence-electron chi connectivity index (χ2n) is 4.39. The van der Waals surface area contributed by atoms with Gasteiger partial charge in [-0.25, -0.2) is 0 Å². The van der Waals surface area contributed by atoms with Crippen LogP contribution in [-0.2, 0) is 9.53 Å². The zero-order chi connectivity index (χ0) is 15.6. The molecule has 1 radical (unpaired) electrons. The van der Waals surface area contributed by atoms with Crippen molar-refractivity contribution in [3.63, 3.8) is 0 Å². The van der Waals surface area contributed by atoms with E-state index in [2.05, 4.69) is 26.3 Å². The molecule has 0 saturated carbocycles. The minimum atomic E-state index is -0.522. The number of amidine groups is 1. The van der Waals surface area contributed by atoms with Gasteiger partial charge in [0.05, 0.1) is 0 Å². The van der Waals surface area contributed by atoms with Gasteiger partial charge in [0.1, 0.15) is 0 Å². The summed E-state index contributed by atoms with van der Waals surface area (Å²) in [5.41, 5.74) is 1.84. The molecular formula is C14H13Cl2N2O2Se. The van der Waals surface area contributed by atoms with Crippen molar-refractivity contribution in [1.29, 1.82) is 0 Å². The van der Waals surface area contributed by atoms with Crippen molar-refractivity contribution in [2.75, 3.05) is 6.61 Å². The molecule has 1 aromatic carbocycles. The molecule has 7 heteroatoms. The number of benzene rings is 1. The third kappa shape index (κ3) is 3.61. The number of rotatable bonds is 3. The van der Waals surface area contributed by atoms with Gasteiger partial charge >= 0.3 is 141 Å². The number of nitrogens with zero attached hydrogens (tertiary/aromatic N) is 1. The van der Waals surface area contributed by atoms with Crippen molar-refractivity contribution in [3.05, 3.63) is 45.1 Å². The predicted octanol–water partition coefficient (Wildman–Crippen LogP) is 3.00. The molecule has 111 valence electrons. The molecule has 0 bridgehead atoms. The molecule has 0 aliphatic carbocycles. The van der Waals surface area contributed by atoms with Gasteiger partial charge < -0.3 is 0 Å². The Morgan fingerprint density at radius 1 is 1.48 bits per heavy atom. The molecule has 0 fully saturated rings. The number of aliphatic imine (C=N–C) groups is 1.